The Morgan fingerprint density at radius 1 is 1.20 bits per heavy atom. The van der Waals surface area contributed by atoms with Gasteiger partial charge in [-0.2, -0.15) is 0 Å². The lowest BCUT2D eigenvalue weighted by Crippen LogP contribution is -2.34. The second kappa shape index (κ2) is 3.72. The van der Waals surface area contributed by atoms with Gasteiger partial charge in [-0.05, 0) is 34.5 Å². The van der Waals surface area contributed by atoms with Gasteiger partial charge in [-0.25, -0.2) is 0 Å². The Morgan fingerprint density at radius 2 is 1.93 bits per heavy atom. The van der Waals surface area contributed by atoms with Gasteiger partial charge in [0.25, 0.3) is 0 Å². The molecule has 1 aromatic carbocycles. The van der Waals surface area contributed by atoms with Gasteiger partial charge in [-0.15, -0.1) is 0 Å². The van der Waals surface area contributed by atoms with E-state index in [1.807, 2.05) is 32.0 Å². The van der Waals surface area contributed by atoms with Crippen LogP contribution in [-0.4, -0.2) is 22.2 Å². The number of hydrogen-bond acceptors (Lipinski definition) is 2. The van der Waals surface area contributed by atoms with Gasteiger partial charge in [-0.1, -0.05) is 19.9 Å². The van der Waals surface area contributed by atoms with E-state index in [9.17, 15) is 10.0 Å². The first-order valence-corrected chi connectivity index (χ1v) is 5.07. The first kappa shape index (κ1) is 10.3. The molecule has 1 aromatic heterocycles. The molecule has 0 spiro atoms. The van der Waals surface area contributed by atoms with Crippen molar-refractivity contribution in [1.29, 1.82) is 0 Å². The lowest BCUT2D eigenvalue weighted by atomic mass is 9.72. The molecule has 3 N–H and O–H groups in total. The SMILES string of the molecule is CC(C)c1ccc2[nH]ccc2c1B(O)O. The van der Waals surface area contributed by atoms with Crippen molar-refractivity contribution in [2.45, 2.75) is 19.8 Å². The van der Waals surface area contributed by atoms with Gasteiger partial charge in [0.2, 0.25) is 0 Å². The van der Waals surface area contributed by atoms with E-state index in [1.165, 1.54) is 0 Å². The van der Waals surface area contributed by atoms with Gasteiger partial charge in [-0.3, -0.25) is 0 Å². The third-order valence-electron chi connectivity index (χ3n) is 2.69. The minimum atomic E-state index is -1.41. The number of aromatic amines is 1. The topological polar surface area (TPSA) is 56.2 Å². The Morgan fingerprint density at radius 3 is 2.53 bits per heavy atom. The van der Waals surface area contributed by atoms with Gasteiger partial charge in [0.15, 0.2) is 0 Å². The second-order valence-corrected chi connectivity index (χ2v) is 4.04. The molecule has 0 aliphatic heterocycles. The zero-order chi connectivity index (χ0) is 11.0. The highest BCUT2D eigenvalue weighted by atomic mass is 16.4. The molecule has 78 valence electrons. The van der Waals surface area contributed by atoms with E-state index in [0.717, 1.165) is 16.5 Å². The number of nitrogens with one attached hydrogen (secondary N) is 1. The molecule has 0 saturated heterocycles. The monoisotopic (exact) mass is 203 g/mol. The Balaban J connectivity index is 2.75. The van der Waals surface area contributed by atoms with Crippen LogP contribution in [-0.2, 0) is 0 Å². The van der Waals surface area contributed by atoms with Crippen molar-refractivity contribution in [2.75, 3.05) is 0 Å². The fourth-order valence-electron chi connectivity index (χ4n) is 1.97. The van der Waals surface area contributed by atoms with Crippen LogP contribution in [0.15, 0.2) is 24.4 Å². The maximum Gasteiger partial charge on any atom is 0.489 e. The Kier molecular flexibility index (Phi) is 2.55. The molecule has 0 aliphatic carbocycles. The van der Waals surface area contributed by atoms with Crippen LogP contribution >= 0.6 is 0 Å². The third kappa shape index (κ3) is 1.66. The number of hydrogen-bond donors (Lipinski definition) is 3. The van der Waals surface area contributed by atoms with Crippen molar-refractivity contribution in [3.8, 4) is 0 Å². The van der Waals surface area contributed by atoms with Crippen molar-refractivity contribution < 1.29 is 10.0 Å². The number of benzene rings is 1. The lowest BCUT2D eigenvalue weighted by molar-refractivity contribution is 0.425. The normalized spacial score (nSPS) is 11.3. The van der Waals surface area contributed by atoms with Crippen LogP contribution in [0, 0.1) is 0 Å². The maximum atomic E-state index is 9.41. The molecule has 1 heterocycles. The molecule has 2 rings (SSSR count). The van der Waals surface area contributed by atoms with Gasteiger partial charge >= 0.3 is 7.12 Å². The first-order chi connectivity index (χ1) is 7.11. The molecule has 4 heteroatoms. The summed E-state index contributed by atoms with van der Waals surface area (Å²) >= 11 is 0. The quantitative estimate of drug-likeness (QED) is 0.637. The molecular formula is C11H14BNO2. The highest BCUT2D eigenvalue weighted by Gasteiger charge is 2.21. The average molecular weight is 203 g/mol. The summed E-state index contributed by atoms with van der Waals surface area (Å²) in [5.41, 5.74) is 2.53. The molecular weight excluding hydrogens is 189 g/mol. The molecule has 3 nitrogen and oxygen atoms in total. The van der Waals surface area contributed by atoms with Gasteiger partial charge < -0.3 is 15.0 Å². The third-order valence-corrected chi connectivity index (χ3v) is 2.69. The summed E-state index contributed by atoms with van der Waals surface area (Å²) in [5, 5.41) is 19.7. The minimum absolute atomic E-state index is 0.279. The van der Waals surface area contributed by atoms with Gasteiger partial charge in [0.1, 0.15) is 0 Å². The molecule has 2 aromatic rings. The molecule has 0 atom stereocenters. The zero-order valence-corrected chi connectivity index (χ0v) is 8.86. The summed E-state index contributed by atoms with van der Waals surface area (Å²) in [6.45, 7) is 4.08. The van der Waals surface area contributed by atoms with Crippen LogP contribution in [0.25, 0.3) is 10.9 Å². The van der Waals surface area contributed by atoms with Crippen molar-refractivity contribution in [3.05, 3.63) is 30.0 Å². The van der Waals surface area contributed by atoms with Crippen molar-refractivity contribution in [2.24, 2.45) is 0 Å². The molecule has 15 heavy (non-hydrogen) atoms. The van der Waals surface area contributed by atoms with E-state index in [0.29, 0.717) is 5.46 Å². The molecule has 0 bridgehead atoms. The molecule has 0 unspecified atom stereocenters. The Hall–Kier alpha value is -1.26. The second-order valence-electron chi connectivity index (χ2n) is 4.04. The van der Waals surface area contributed by atoms with E-state index in [2.05, 4.69) is 4.98 Å². The van der Waals surface area contributed by atoms with E-state index in [-0.39, 0.29) is 5.92 Å². The van der Waals surface area contributed by atoms with Crippen LogP contribution < -0.4 is 5.46 Å². The molecule has 0 saturated carbocycles. The van der Waals surface area contributed by atoms with Gasteiger partial charge in [0, 0.05) is 11.7 Å². The Labute approximate surface area is 88.9 Å². The number of H-pyrrole nitrogens is 1. The summed E-state index contributed by atoms with van der Waals surface area (Å²) in [6.07, 6.45) is 1.81. The molecule has 0 amide bonds. The van der Waals surface area contributed by atoms with Gasteiger partial charge in [0.05, 0.1) is 0 Å². The van der Waals surface area contributed by atoms with Crippen LogP contribution in [0.3, 0.4) is 0 Å². The van der Waals surface area contributed by atoms with Crippen LogP contribution in [0.1, 0.15) is 25.3 Å². The molecule has 0 aliphatic rings. The van der Waals surface area contributed by atoms with E-state index in [1.54, 1.807) is 6.20 Å². The lowest BCUT2D eigenvalue weighted by Gasteiger charge is -2.13. The van der Waals surface area contributed by atoms with Crippen molar-refractivity contribution in [1.82, 2.24) is 4.98 Å². The van der Waals surface area contributed by atoms with Crippen LogP contribution in [0.2, 0.25) is 0 Å². The predicted octanol–water partition coefficient (Wildman–Crippen LogP) is 0.971. The summed E-state index contributed by atoms with van der Waals surface area (Å²) in [6, 6.07) is 5.78. The fraction of sp³-hybridized carbons (Fsp3) is 0.273. The summed E-state index contributed by atoms with van der Waals surface area (Å²) in [7, 11) is -1.41. The van der Waals surface area contributed by atoms with Crippen LogP contribution in [0.5, 0.6) is 0 Å². The maximum absolute atomic E-state index is 9.41. The van der Waals surface area contributed by atoms with Crippen molar-refractivity contribution in [3.63, 3.8) is 0 Å². The highest BCUT2D eigenvalue weighted by Crippen LogP contribution is 2.18. The molecule has 0 fully saturated rings. The van der Waals surface area contributed by atoms with E-state index < -0.39 is 7.12 Å². The smallest absolute Gasteiger partial charge is 0.423 e. The largest absolute Gasteiger partial charge is 0.489 e. The summed E-state index contributed by atoms with van der Waals surface area (Å²) in [4.78, 5) is 3.06. The summed E-state index contributed by atoms with van der Waals surface area (Å²) in [5.74, 6) is 0.279. The van der Waals surface area contributed by atoms with E-state index >= 15 is 0 Å². The van der Waals surface area contributed by atoms with Crippen LogP contribution in [0.4, 0.5) is 0 Å². The molecule has 0 radical (unpaired) electrons. The van der Waals surface area contributed by atoms with Crippen molar-refractivity contribution >= 4 is 23.5 Å². The van der Waals surface area contributed by atoms with E-state index in [4.69, 9.17) is 0 Å². The standard InChI is InChI=1S/C11H14BNO2/c1-7(2)8-3-4-10-9(5-6-13-10)11(8)12(14)15/h3-7,13-15H,1-2H3. The first-order valence-electron chi connectivity index (χ1n) is 5.07. The highest BCUT2D eigenvalue weighted by molar-refractivity contribution is 6.62. The average Bonchev–Trinajstić information content (AvgIpc) is 2.62. The fourth-order valence-corrected chi connectivity index (χ4v) is 1.97. The number of rotatable bonds is 2. The number of fused-ring (bicyclic) bond motifs is 1. The number of aromatic nitrogens is 1. The Bertz CT molecular complexity index is 476. The predicted molar refractivity (Wildman–Crippen MR) is 62.2 cm³/mol. The zero-order valence-electron chi connectivity index (χ0n) is 8.86. The minimum Gasteiger partial charge on any atom is -0.423 e. The summed E-state index contributed by atoms with van der Waals surface area (Å²) < 4.78 is 0.